The molecule has 3 aromatic carbocycles. The number of carbonyl (C=O) groups excluding carboxylic acids is 3. The summed E-state index contributed by atoms with van der Waals surface area (Å²) in [5.74, 6) is -0.848. The third kappa shape index (κ3) is 7.68. The van der Waals surface area contributed by atoms with E-state index in [1.165, 1.54) is 18.4 Å². The van der Waals surface area contributed by atoms with Crippen molar-refractivity contribution >= 4 is 23.9 Å². The van der Waals surface area contributed by atoms with E-state index in [4.69, 9.17) is 24.1 Å². The standard InChI is InChI=1S/C48H54N2O8/c1-46(2)27-37-31(14-15-41-47(3,57-41)17-16-38(37)46)20-29-8-6-13-33(21-29)45(54)55-39-23-36(44(53)50-28-30-9-7-12-32(22-30)43(52)49-18-19-51)24-40-42(39)58-48(56-40)25-34-10-4-5-11-35(34)26-48/h4-13,20-22,24,37-42,51H,14-19,23,25-28H2,1-3H3,(H,49,52)(H,50,53). The van der Waals surface area contributed by atoms with Gasteiger partial charge in [0.15, 0.2) is 5.79 Å². The molecule has 2 aliphatic heterocycles. The fourth-order valence-corrected chi connectivity index (χ4v) is 10.4. The highest BCUT2D eigenvalue weighted by molar-refractivity contribution is 5.95. The minimum atomic E-state index is -0.914. The maximum atomic E-state index is 14.1. The molecule has 4 fully saturated rings. The summed E-state index contributed by atoms with van der Waals surface area (Å²) < 4.78 is 25.9. The van der Waals surface area contributed by atoms with Crippen LogP contribution in [0.4, 0.5) is 0 Å². The predicted octanol–water partition coefficient (Wildman–Crippen LogP) is 6.64. The average Bonchev–Trinajstić information content (AvgIpc) is 3.50. The van der Waals surface area contributed by atoms with Crippen molar-refractivity contribution in [1.29, 1.82) is 0 Å². The number of aliphatic hydroxyl groups is 1. The van der Waals surface area contributed by atoms with Gasteiger partial charge in [-0.1, -0.05) is 74.0 Å². The monoisotopic (exact) mass is 786 g/mol. The molecule has 6 aliphatic rings. The van der Waals surface area contributed by atoms with Gasteiger partial charge < -0.3 is 34.7 Å². The van der Waals surface area contributed by atoms with Gasteiger partial charge in [0.2, 0.25) is 5.91 Å². The number of benzene rings is 3. The van der Waals surface area contributed by atoms with E-state index in [1.54, 1.807) is 24.3 Å². The lowest BCUT2D eigenvalue weighted by Gasteiger charge is -2.53. The fraction of sp³-hybridized carbons (Fsp3) is 0.479. The van der Waals surface area contributed by atoms with E-state index in [1.807, 2.05) is 36.4 Å². The van der Waals surface area contributed by atoms with Crippen LogP contribution in [0.25, 0.3) is 6.08 Å². The largest absolute Gasteiger partial charge is 0.456 e. The molecule has 58 heavy (non-hydrogen) atoms. The third-order valence-corrected chi connectivity index (χ3v) is 13.7. The van der Waals surface area contributed by atoms with E-state index < -0.39 is 30.1 Å². The zero-order chi connectivity index (χ0) is 40.2. The van der Waals surface area contributed by atoms with Crippen molar-refractivity contribution in [2.24, 2.45) is 17.3 Å². The average molecular weight is 787 g/mol. The molecule has 2 saturated carbocycles. The van der Waals surface area contributed by atoms with Gasteiger partial charge in [0.05, 0.1) is 23.9 Å². The third-order valence-electron chi connectivity index (χ3n) is 13.7. The number of carbonyl (C=O) groups is 3. The molecule has 0 aromatic heterocycles. The summed E-state index contributed by atoms with van der Waals surface area (Å²) in [6.07, 6.45) is 9.21. The van der Waals surface area contributed by atoms with Crippen molar-refractivity contribution in [2.45, 2.75) is 114 Å². The Hall–Kier alpha value is -4.61. The first kappa shape index (κ1) is 38.9. The van der Waals surface area contributed by atoms with Crippen LogP contribution in [0.2, 0.25) is 0 Å². The highest BCUT2D eigenvalue weighted by atomic mass is 16.8. The molecule has 2 amide bonds. The van der Waals surface area contributed by atoms with Crippen LogP contribution in [0.5, 0.6) is 0 Å². The number of amides is 2. The second kappa shape index (κ2) is 15.2. The Bertz CT molecular complexity index is 2150. The molecule has 7 atom stereocenters. The van der Waals surface area contributed by atoms with Crippen LogP contribution in [0.3, 0.4) is 0 Å². The number of hydrogen-bond donors (Lipinski definition) is 3. The molecule has 4 aliphatic carbocycles. The van der Waals surface area contributed by atoms with Crippen molar-refractivity contribution in [2.75, 3.05) is 13.2 Å². The van der Waals surface area contributed by atoms with Crippen molar-refractivity contribution in [1.82, 2.24) is 10.6 Å². The summed E-state index contributed by atoms with van der Waals surface area (Å²) in [4.78, 5) is 40.4. The molecule has 9 rings (SSSR count). The summed E-state index contributed by atoms with van der Waals surface area (Å²) in [7, 11) is 0. The second-order valence-electron chi connectivity index (χ2n) is 18.1. The molecule has 10 nitrogen and oxygen atoms in total. The lowest BCUT2D eigenvalue weighted by Crippen LogP contribution is -2.45. The van der Waals surface area contributed by atoms with Crippen LogP contribution in [0.1, 0.15) is 102 Å². The zero-order valence-electron chi connectivity index (χ0n) is 33.6. The van der Waals surface area contributed by atoms with E-state index in [9.17, 15) is 14.4 Å². The van der Waals surface area contributed by atoms with Gasteiger partial charge in [0.25, 0.3) is 5.91 Å². The molecule has 3 aromatic rings. The van der Waals surface area contributed by atoms with Crippen LogP contribution < -0.4 is 10.6 Å². The SMILES string of the molecule is CC1(C)CC2C(=Cc3cccc(C(=O)OC4CC(C(=O)NCc5cccc(C(=O)NCCO)c5)=CC5OC6(Cc7ccccc7C6)OC54)c3)CCC3OC3(C)CCC21. The molecular formula is C48H54N2O8. The lowest BCUT2D eigenvalue weighted by molar-refractivity contribution is -0.172. The van der Waals surface area contributed by atoms with E-state index in [0.29, 0.717) is 52.9 Å². The van der Waals surface area contributed by atoms with Crippen LogP contribution in [-0.4, -0.2) is 71.8 Å². The second-order valence-corrected chi connectivity index (χ2v) is 18.1. The molecule has 0 bridgehead atoms. The number of ether oxygens (including phenoxy) is 4. The minimum absolute atomic E-state index is 0.0191. The van der Waals surface area contributed by atoms with Gasteiger partial charge in [-0.2, -0.15) is 0 Å². The number of aliphatic hydroxyl groups excluding tert-OH is 1. The Labute approximate surface area is 340 Å². The van der Waals surface area contributed by atoms with Gasteiger partial charge in [0, 0.05) is 43.5 Å². The highest BCUT2D eigenvalue weighted by Crippen LogP contribution is 2.60. The summed E-state index contributed by atoms with van der Waals surface area (Å²) >= 11 is 0. The smallest absolute Gasteiger partial charge is 0.338 e. The summed E-state index contributed by atoms with van der Waals surface area (Å²) in [6.45, 7) is 7.23. The van der Waals surface area contributed by atoms with E-state index in [0.717, 1.165) is 41.5 Å². The number of nitrogens with one attached hydrogen (secondary N) is 2. The molecule has 2 heterocycles. The minimum Gasteiger partial charge on any atom is -0.456 e. The molecule has 10 heteroatoms. The van der Waals surface area contributed by atoms with Crippen LogP contribution in [0, 0.1) is 17.3 Å². The van der Waals surface area contributed by atoms with Crippen molar-refractivity contribution < 1.29 is 38.4 Å². The normalized spacial score (nSPS) is 30.6. The zero-order valence-corrected chi connectivity index (χ0v) is 33.6. The van der Waals surface area contributed by atoms with Gasteiger partial charge in [-0.05, 0) is 109 Å². The molecule has 304 valence electrons. The molecule has 1 spiro atoms. The molecular weight excluding hydrogens is 733 g/mol. The first-order chi connectivity index (χ1) is 27.9. The van der Waals surface area contributed by atoms with Crippen LogP contribution in [0.15, 0.2) is 90.0 Å². The van der Waals surface area contributed by atoms with E-state index >= 15 is 0 Å². The molecule has 7 unspecified atom stereocenters. The number of hydrogen-bond acceptors (Lipinski definition) is 8. The van der Waals surface area contributed by atoms with Gasteiger partial charge >= 0.3 is 5.97 Å². The quantitative estimate of drug-likeness (QED) is 0.163. The van der Waals surface area contributed by atoms with Gasteiger partial charge in [-0.25, -0.2) is 4.79 Å². The first-order valence-electron chi connectivity index (χ1n) is 21.0. The summed E-state index contributed by atoms with van der Waals surface area (Å²) in [6, 6.07) is 22.8. The molecule has 2 saturated heterocycles. The van der Waals surface area contributed by atoms with Crippen LogP contribution in [-0.2, 0) is 43.1 Å². The predicted molar refractivity (Wildman–Crippen MR) is 217 cm³/mol. The topological polar surface area (TPSA) is 136 Å². The van der Waals surface area contributed by atoms with Gasteiger partial charge in [0.1, 0.15) is 18.3 Å². The maximum absolute atomic E-state index is 14.1. The van der Waals surface area contributed by atoms with Gasteiger partial charge in [-0.15, -0.1) is 0 Å². The Morgan fingerprint density at radius 3 is 2.43 bits per heavy atom. The van der Waals surface area contributed by atoms with Crippen molar-refractivity contribution in [3.05, 3.63) is 123 Å². The Morgan fingerprint density at radius 2 is 1.66 bits per heavy atom. The number of epoxide rings is 1. The van der Waals surface area contributed by atoms with E-state index in [2.05, 4.69) is 55.7 Å². The molecule has 0 radical (unpaired) electrons. The van der Waals surface area contributed by atoms with Crippen molar-refractivity contribution in [3.8, 4) is 0 Å². The summed E-state index contributed by atoms with van der Waals surface area (Å²) in [5.41, 5.74) is 7.13. The first-order valence-corrected chi connectivity index (χ1v) is 21.0. The van der Waals surface area contributed by atoms with Gasteiger partial charge in [-0.3, -0.25) is 9.59 Å². The van der Waals surface area contributed by atoms with Crippen molar-refractivity contribution in [3.63, 3.8) is 0 Å². The fourth-order valence-electron chi connectivity index (χ4n) is 10.4. The number of allylic oxidation sites excluding steroid dienone is 1. The Balaban J connectivity index is 0.929. The Morgan fingerprint density at radius 1 is 0.879 bits per heavy atom. The number of fused-ring (bicyclic) bond motifs is 4. The van der Waals surface area contributed by atoms with Crippen LogP contribution >= 0.6 is 0 Å². The highest BCUT2D eigenvalue weighted by Gasteiger charge is 2.57. The number of rotatable bonds is 9. The van der Waals surface area contributed by atoms with E-state index in [-0.39, 0.29) is 43.5 Å². The molecule has 3 N–H and O–H groups in total. The number of esters is 1. The lowest BCUT2D eigenvalue weighted by atomic mass is 9.52. The summed E-state index contributed by atoms with van der Waals surface area (Å²) in [5, 5.41) is 14.7. The maximum Gasteiger partial charge on any atom is 0.338 e. The Kier molecular flexibility index (Phi) is 10.2.